The summed E-state index contributed by atoms with van der Waals surface area (Å²) in [7, 11) is -3.58. The van der Waals surface area contributed by atoms with Crippen molar-refractivity contribution in [2.24, 2.45) is 11.8 Å². The molecule has 53 heavy (non-hydrogen) atoms. The fourth-order valence-corrected chi connectivity index (χ4v) is 5.71. The Labute approximate surface area is 312 Å². The number of anilines is 1. The van der Waals surface area contributed by atoms with Crippen LogP contribution in [0.5, 0.6) is 23.0 Å². The van der Waals surface area contributed by atoms with Crippen LogP contribution in [0.2, 0.25) is 0 Å². The minimum atomic E-state index is -3.58. The highest BCUT2D eigenvalue weighted by Gasteiger charge is 2.26. The number of carbonyl (C=O) groups is 2. The third-order valence-electron chi connectivity index (χ3n) is 8.42. The highest BCUT2D eigenvalue weighted by molar-refractivity contribution is 7.92. The van der Waals surface area contributed by atoms with Crippen LogP contribution in [0.15, 0.2) is 54.6 Å². The molecule has 0 saturated heterocycles. The fraction of sp³-hybridized carbons (Fsp3) is 0.500. The average molecular weight is 757 g/mol. The Hall–Kier alpha value is -4.52. The van der Waals surface area contributed by atoms with Crippen LogP contribution in [0, 0.1) is 17.7 Å². The molecule has 0 heterocycles. The molecule has 3 N–H and O–H groups in total. The number of amides is 1. The maximum Gasteiger partial charge on any atom is 0.341 e. The molecule has 0 radical (unpaired) electrons. The number of carbonyl (C=O) groups excluding carboxylic acids is 1. The first-order valence-electron chi connectivity index (χ1n) is 17.8. The Kier molecular flexibility index (Phi) is 13.6. The van der Waals surface area contributed by atoms with Crippen LogP contribution in [0.4, 0.5) is 10.1 Å². The molecule has 0 aliphatic heterocycles. The predicted octanol–water partition coefficient (Wildman–Crippen LogP) is 7.22. The zero-order valence-electron chi connectivity index (χ0n) is 31.7. The van der Waals surface area contributed by atoms with Gasteiger partial charge in [0.1, 0.15) is 28.8 Å². The van der Waals surface area contributed by atoms with Crippen LogP contribution in [-0.2, 0) is 37.0 Å². The number of sulfonamides is 1. The first kappa shape index (κ1) is 41.2. The molecule has 0 bridgehead atoms. The van der Waals surface area contributed by atoms with Gasteiger partial charge in [-0.1, -0.05) is 59.7 Å². The highest BCUT2D eigenvalue weighted by atomic mass is 32.2. The maximum absolute atomic E-state index is 14.1. The largest absolute Gasteiger partial charge is 0.493 e. The van der Waals surface area contributed by atoms with Gasteiger partial charge in [-0.05, 0) is 89.3 Å². The molecule has 0 atom stereocenters. The van der Waals surface area contributed by atoms with Crippen molar-refractivity contribution in [3.8, 4) is 23.0 Å². The van der Waals surface area contributed by atoms with Crippen LogP contribution in [-0.4, -0.2) is 58.1 Å². The van der Waals surface area contributed by atoms with Crippen molar-refractivity contribution in [3.63, 3.8) is 0 Å². The molecular weight excluding hydrogens is 704 g/mol. The molecule has 5 rings (SSSR count). The van der Waals surface area contributed by atoms with Gasteiger partial charge < -0.3 is 29.4 Å². The minimum Gasteiger partial charge on any atom is -0.493 e. The summed E-state index contributed by atoms with van der Waals surface area (Å²) in [5, 5.41) is 11.3. The highest BCUT2D eigenvalue weighted by Crippen LogP contribution is 2.38. The predicted molar refractivity (Wildman–Crippen MR) is 202 cm³/mol. The standard InChI is InChI=1S/C24H31FN2O5S.C16H22O4/c1-24(2,3)19-9-8-18(12-22(19)32-14-16-5-6-16)31-15-23(28)26-13-17-7-10-21(20(25)11-17)27-33(4,29)30;1-16(2,3)13-7-6-12(19-10-15(17)18)8-14(13)20-9-11-4-5-11/h7-12,16,27H,5-6,13-15H2,1-4H3,(H,26,28);6-8,11H,4-5,9-10H2,1-3H3,(H,17,18). The van der Waals surface area contributed by atoms with E-state index >= 15 is 0 Å². The monoisotopic (exact) mass is 756 g/mol. The Bertz CT molecular complexity index is 1840. The number of ether oxygens (including phenoxy) is 4. The van der Waals surface area contributed by atoms with Crippen molar-refractivity contribution in [1.29, 1.82) is 0 Å². The van der Waals surface area contributed by atoms with Gasteiger partial charge in [-0.2, -0.15) is 0 Å². The molecule has 13 heteroatoms. The van der Waals surface area contributed by atoms with Crippen molar-refractivity contribution < 1.29 is 46.5 Å². The lowest BCUT2D eigenvalue weighted by Gasteiger charge is -2.23. The van der Waals surface area contributed by atoms with E-state index in [9.17, 15) is 22.4 Å². The Morgan fingerprint density at radius 1 is 0.755 bits per heavy atom. The SMILES string of the molecule is CC(C)(C)c1ccc(OCC(=O)NCc2ccc(NS(C)(=O)=O)c(F)c2)cc1OCC1CC1.CC(C)(C)c1ccc(OCC(=O)O)cc1OCC1CC1. The molecule has 3 aromatic rings. The average Bonchev–Trinajstić information content (AvgIpc) is 3.99. The summed E-state index contributed by atoms with van der Waals surface area (Å²) in [4.78, 5) is 22.8. The molecule has 0 spiro atoms. The van der Waals surface area contributed by atoms with Crippen LogP contribution in [0.3, 0.4) is 0 Å². The smallest absolute Gasteiger partial charge is 0.341 e. The normalized spacial score (nSPS) is 14.3. The zero-order valence-corrected chi connectivity index (χ0v) is 32.5. The van der Waals surface area contributed by atoms with E-state index in [2.05, 4.69) is 51.6 Å². The molecule has 2 saturated carbocycles. The second-order valence-electron chi connectivity index (χ2n) is 15.8. The topological polar surface area (TPSA) is 149 Å². The number of hydrogen-bond acceptors (Lipinski definition) is 8. The van der Waals surface area contributed by atoms with Gasteiger partial charge in [0, 0.05) is 18.7 Å². The minimum absolute atomic E-state index is 0.0236. The van der Waals surface area contributed by atoms with Crippen LogP contribution < -0.4 is 29.0 Å². The van der Waals surface area contributed by atoms with Crippen LogP contribution in [0.1, 0.15) is 83.9 Å². The number of aliphatic carboxylic acids is 1. The number of halogens is 1. The number of hydrogen-bond donors (Lipinski definition) is 3. The number of benzene rings is 3. The molecule has 3 aromatic carbocycles. The van der Waals surface area contributed by atoms with Crippen molar-refractivity contribution in [3.05, 3.63) is 77.1 Å². The van der Waals surface area contributed by atoms with Crippen molar-refractivity contribution in [2.45, 2.75) is 84.6 Å². The zero-order chi connectivity index (χ0) is 39.0. The van der Waals surface area contributed by atoms with Crippen LogP contribution in [0.25, 0.3) is 0 Å². The van der Waals surface area contributed by atoms with Gasteiger partial charge in [-0.3, -0.25) is 9.52 Å². The Morgan fingerprint density at radius 2 is 1.25 bits per heavy atom. The number of rotatable bonds is 16. The summed E-state index contributed by atoms with van der Waals surface area (Å²) >= 11 is 0. The molecule has 1 amide bonds. The molecule has 290 valence electrons. The van der Waals surface area contributed by atoms with E-state index in [1.165, 1.54) is 43.9 Å². The summed E-state index contributed by atoms with van der Waals surface area (Å²) in [5.74, 6) is 1.86. The lowest BCUT2D eigenvalue weighted by molar-refractivity contribution is -0.139. The molecule has 0 aromatic heterocycles. The Morgan fingerprint density at radius 3 is 1.66 bits per heavy atom. The first-order chi connectivity index (χ1) is 24.8. The maximum atomic E-state index is 14.1. The third-order valence-corrected chi connectivity index (χ3v) is 9.01. The number of nitrogens with one attached hydrogen (secondary N) is 2. The van der Waals surface area contributed by atoms with Gasteiger partial charge in [0.2, 0.25) is 10.0 Å². The number of carboxylic acids is 1. The van der Waals surface area contributed by atoms with Gasteiger partial charge >= 0.3 is 5.97 Å². The van der Waals surface area contributed by atoms with E-state index in [4.69, 9.17) is 24.1 Å². The van der Waals surface area contributed by atoms with Crippen LogP contribution >= 0.6 is 0 Å². The fourth-order valence-electron chi connectivity index (χ4n) is 5.14. The summed E-state index contributed by atoms with van der Waals surface area (Å²) in [5.41, 5.74) is 2.43. The van der Waals surface area contributed by atoms with Gasteiger partial charge in [0.25, 0.3) is 5.91 Å². The summed E-state index contributed by atoms with van der Waals surface area (Å²) in [6, 6.07) is 15.2. The van der Waals surface area contributed by atoms with Gasteiger partial charge in [0.05, 0.1) is 25.2 Å². The van der Waals surface area contributed by atoms with Gasteiger partial charge in [-0.15, -0.1) is 0 Å². The van der Waals surface area contributed by atoms with E-state index in [0.29, 0.717) is 35.5 Å². The van der Waals surface area contributed by atoms with E-state index in [-0.39, 0.29) is 42.2 Å². The molecule has 2 aliphatic rings. The summed E-state index contributed by atoms with van der Waals surface area (Å²) in [6.07, 6.45) is 5.81. The van der Waals surface area contributed by atoms with E-state index in [1.807, 2.05) is 24.3 Å². The lowest BCUT2D eigenvalue weighted by Crippen LogP contribution is -2.28. The van der Waals surface area contributed by atoms with Crippen molar-refractivity contribution in [1.82, 2.24) is 5.32 Å². The van der Waals surface area contributed by atoms with Crippen molar-refractivity contribution in [2.75, 3.05) is 37.4 Å². The van der Waals surface area contributed by atoms with Gasteiger partial charge in [-0.25, -0.2) is 17.6 Å². The van der Waals surface area contributed by atoms with E-state index < -0.39 is 21.8 Å². The lowest BCUT2D eigenvalue weighted by atomic mass is 9.86. The second kappa shape index (κ2) is 17.5. The third kappa shape index (κ3) is 14.4. The molecule has 2 aliphatic carbocycles. The van der Waals surface area contributed by atoms with Crippen molar-refractivity contribution >= 4 is 27.6 Å². The second-order valence-corrected chi connectivity index (χ2v) is 17.5. The molecule has 0 unspecified atom stereocenters. The number of carboxylic acid groups (broad SMARTS) is 1. The molecular formula is C40H53FN2O9S. The first-order valence-corrected chi connectivity index (χ1v) is 19.7. The summed E-state index contributed by atoms with van der Waals surface area (Å²) < 4.78 is 61.5. The summed E-state index contributed by atoms with van der Waals surface area (Å²) in [6.45, 7) is 13.7. The quantitative estimate of drug-likeness (QED) is 0.138. The molecule has 2 fully saturated rings. The van der Waals surface area contributed by atoms with E-state index in [1.54, 1.807) is 12.1 Å². The van der Waals surface area contributed by atoms with Gasteiger partial charge in [0.15, 0.2) is 13.2 Å². The molecule has 11 nitrogen and oxygen atoms in total. The van der Waals surface area contributed by atoms with E-state index in [0.717, 1.165) is 35.5 Å². The Balaban J connectivity index is 0.000000267.